The van der Waals surface area contributed by atoms with Gasteiger partial charge in [0.1, 0.15) is 0 Å². The molecular weight excluding hydrogens is 222 g/mol. The van der Waals surface area contributed by atoms with Gasteiger partial charge in [-0.2, -0.15) is 0 Å². The van der Waals surface area contributed by atoms with Crippen LogP contribution in [0.5, 0.6) is 0 Å². The minimum absolute atomic E-state index is 0.522. The lowest BCUT2D eigenvalue weighted by Gasteiger charge is -2.43. The third-order valence-electron chi connectivity index (χ3n) is 5.43. The van der Waals surface area contributed by atoms with Crippen LogP contribution in [0.1, 0.15) is 46.5 Å². The summed E-state index contributed by atoms with van der Waals surface area (Å²) in [5.41, 5.74) is 0.522. The van der Waals surface area contributed by atoms with Gasteiger partial charge in [-0.3, -0.25) is 0 Å². The van der Waals surface area contributed by atoms with Crippen molar-refractivity contribution >= 4 is 0 Å². The molecule has 4 atom stereocenters. The van der Waals surface area contributed by atoms with Crippen molar-refractivity contribution in [2.75, 3.05) is 26.8 Å². The number of fused-ring (bicyclic) bond motifs is 2. The van der Waals surface area contributed by atoms with Gasteiger partial charge in [-0.05, 0) is 54.9 Å². The van der Waals surface area contributed by atoms with Crippen LogP contribution in [0, 0.1) is 29.1 Å². The first-order chi connectivity index (χ1) is 8.58. The number of hydrogen-bond donors (Lipinski definition) is 1. The molecule has 0 radical (unpaired) electrons. The third-order valence-corrected chi connectivity index (χ3v) is 5.43. The first-order valence-corrected chi connectivity index (χ1v) is 7.78. The molecule has 18 heavy (non-hydrogen) atoms. The Kier molecular flexibility index (Phi) is 4.71. The smallest absolute Gasteiger partial charge is 0.0493 e. The molecule has 0 aliphatic heterocycles. The summed E-state index contributed by atoms with van der Waals surface area (Å²) in [7, 11) is 1.85. The quantitative estimate of drug-likeness (QED) is 0.751. The third kappa shape index (κ3) is 2.75. The van der Waals surface area contributed by atoms with E-state index in [0.717, 1.165) is 30.9 Å². The number of rotatable bonds is 7. The molecule has 4 unspecified atom stereocenters. The van der Waals surface area contributed by atoms with Crippen molar-refractivity contribution < 1.29 is 4.74 Å². The summed E-state index contributed by atoms with van der Waals surface area (Å²) >= 11 is 0. The highest BCUT2D eigenvalue weighted by atomic mass is 16.5. The topological polar surface area (TPSA) is 21.3 Å². The normalized spacial score (nSPS) is 36.5. The van der Waals surface area contributed by atoms with E-state index in [2.05, 4.69) is 26.1 Å². The van der Waals surface area contributed by atoms with Crippen molar-refractivity contribution in [1.82, 2.24) is 5.32 Å². The number of nitrogens with one attached hydrogen (secondary N) is 1. The van der Waals surface area contributed by atoms with Gasteiger partial charge in [0, 0.05) is 20.3 Å². The van der Waals surface area contributed by atoms with Crippen molar-refractivity contribution in [3.63, 3.8) is 0 Å². The van der Waals surface area contributed by atoms with Crippen molar-refractivity contribution in [3.05, 3.63) is 0 Å². The van der Waals surface area contributed by atoms with E-state index in [1.54, 1.807) is 0 Å². The SMILES string of the molecule is COCC(C)C1(CNCC(C)C)CC2CCC1C2. The molecule has 2 fully saturated rings. The molecule has 0 aromatic heterocycles. The molecule has 106 valence electrons. The van der Waals surface area contributed by atoms with Gasteiger partial charge < -0.3 is 10.1 Å². The zero-order valence-corrected chi connectivity index (χ0v) is 12.7. The molecule has 2 nitrogen and oxygen atoms in total. The van der Waals surface area contributed by atoms with Crippen LogP contribution in [0.2, 0.25) is 0 Å². The van der Waals surface area contributed by atoms with E-state index in [-0.39, 0.29) is 0 Å². The van der Waals surface area contributed by atoms with E-state index in [9.17, 15) is 0 Å². The Balaban J connectivity index is 1.99. The Morgan fingerprint density at radius 1 is 1.28 bits per heavy atom. The fraction of sp³-hybridized carbons (Fsp3) is 1.00. The predicted molar refractivity (Wildman–Crippen MR) is 76.6 cm³/mol. The van der Waals surface area contributed by atoms with Crippen molar-refractivity contribution in [2.24, 2.45) is 29.1 Å². The molecule has 0 aromatic rings. The number of hydrogen-bond acceptors (Lipinski definition) is 2. The summed E-state index contributed by atoms with van der Waals surface area (Å²) in [6, 6.07) is 0. The lowest BCUT2D eigenvalue weighted by molar-refractivity contribution is 0.0258. The molecule has 2 saturated carbocycles. The Bertz CT molecular complexity index is 266. The molecule has 0 heterocycles. The highest BCUT2D eigenvalue weighted by Gasteiger charge is 2.53. The van der Waals surface area contributed by atoms with Gasteiger partial charge in [0.15, 0.2) is 0 Å². The highest BCUT2D eigenvalue weighted by molar-refractivity contribution is 5.03. The predicted octanol–water partition coefficient (Wildman–Crippen LogP) is 3.32. The Morgan fingerprint density at radius 2 is 2.06 bits per heavy atom. The molecule has 2 bridgehead atoms. The second-order valence-corrected chi connectivity index (χ2v) is 7.19. The molecule has 0 amide bonds. The second-order valence-electron chi connectivity index (χ2n) is 7.19. The van der Waals surface area contributed by atoms with Gasteiger partial charge in [0.05, 0.1) is 0 Å². The molecular formula is C16H31NO. The maximum Gasteiger partial charge on any atom is 0.0493 e. The van der Waals surface area contributed by atoms with Gasteiger partial charge >= 0.3 is 0 Å². The number of methoxy groups -OCH3 is 1. The van der Waals surface area contributed by atoms with Crippen molar-refractivity contribution in [3.8, 4) is 0 Å². The molecule has 2 aliphatic carbocycles. The zero-order chi connectivity index (χ0) is 13.2. The van der Waals surface area contributed by atoms with Gasteiger partial charge in [0.25, 0.3) is 0 Å². The van der Waals surface area contributed by atoms with Crippen molar-refractivity contribution in [2.45, 2.75) is 46.5 Å². The van der Waals surface area contributed by atoms with Crippen molar-refractivity contribution in [1.29, 1.82) is 0 Å². The van der Waals surface area contributed by atoms with E-state index >= 15 is 0 Å². The van der Waals surface area contributed by atoms with E-state index in [1.807, 2.05) is 7.11 Å². The maximum absolute atomic E-state index is 5.45. The minimum Gasteiger partial charge on any atom is -0.384 e. The minimum atomic E-state index is 0.522. The zero-order valence-electron chi connectivity index (χ0n) is 12.7. The average molecular weight is 253 g/mol. The lowest BCUT2D eigenvalue weighted by atomic mass is 9.65. The molecule has 0 aromatic carbocycles. The standard InChI is InChI=1S/C16H31NO/c1-12(2)9-17-11-16(13(3)10-18-4)8-14-5-6-15(16)7-14/h12-15,17H,5-11H2,1-4H3. The maximum atomic E-state index is 5.45. The molecule has 1 N–H and O–H groups in total. The molecule has 0 spiro atoms. The van der Waals surface area contributed by atoms with Crippen LogP contribution in [0.4, 0.5) is 0 Å². The van der Waals surface area contributed by atoms with Crippen LogP contribution < -0.4 is 5.32 Å². The Hall–Kier alpha value is -0.0800. The summed E-state index contributed by atoms with van der Waals surface area (Å²) in [6.45, 7) is 10.3. The molecule has 2 heteroatoms. The Morgan fingerprint density at radius 3 is 2.56 bits per heavy atom. The highest BCUT2D eigenvalue weighted by Crippen LogP contribution is 2.59. The lowest BCUT2D eigenvalue weighted by Crippen LogP contribution is -2.45. The van der Waals surface area contributed by atoms with Gasteiger partial charge in [-0.25, -0.2) is 0 Å². The first-order valence-electron chi connectivity index (χ1n) is 7.78. The monoisotopic (exact) mass is 253 g/mol. The molecule has 2 rings (SSSR count). The molecule has 0 saturated heterocycles. The summed E-state index contributed by atoms with van der Waals surface area (Å²) in [4.78, 5) is 0. The largest absolute Gasteiger partial charge is 0.384 e. The van der Waals surface area contributed by atoms with Gasteiger partial charge in [-0.1, -0.05) is 27.2 Å². The average Bonchev–Trinajstić information content (AvgIpc) is 2.89. The summed E-state index contributed by atoms with van der Waals surface area (Å²) in [5.74, 6) is 3.40. The van der Waals surface area contributed by atoms with E-state index in [0.29, 0.717) is 11.3 Å². The fourth-order valence-electron chi connectivity index (χ4n) is 4.49. The number of ether oxygens (including phenoxy) is 1. The molecule has 2 aliphatic rings. The van der Waals surface area contributed by atoms with Crippen LogP contribution in [0.25, 0.3) is 0 Å². The van der Waals surface area contributed by atoms with Crippen LogP contribution in [-0.2, 0) is 4.74 Å². The second kappa shape index (κ2) is 5.92. The van der Waals surface area contributed by atoms with E-state index < -0.39 is 0 Å². The Labute approximate surface area is 113 Å². The van der Waals surface area contributed by atoms with Crippen LogP contribution in [-0.4, -0.2) is 26.8 Å². The van der Waals surface area contributed by atoms with E-state index in [4.69, 9.17) is 4.74 Å². The van der Waals surface area contributed by atoms with Crippen LogP contribution >= 0.6 is 0 Å². The van der Waals surface area contributed by atoms with Gasteiger partial charge in [0.2, 0.25) is 0 Å². The summed E-state index contributed by atoms with van der Waals surface area (Å²) in [6.07, 6.45) is 5.86. The van der Waals surface area contributed by atoms with Crippen LogP contribution in [0.3, 0.4) is 0 Å². The van der Waals surface area contributed by atoms with Gasteiger partial charge in [-0.15, -0.1) is 0 Å². The summed E-state index contributed by atoms with van der Waals surface area (Å²) in [5, 5.41) is 3.74. The van der Waals surface area contributed by atoms with E-state index in [1.165, 1.54) is 32.2 Å². The van der Waals surface area contributed by atoms with Crippen LogP contribution in [0.15, 0.2) is 0 Å². The fourth-order valence-corrected chi connectivity index (χ4v) is 4.49. The first kappa shape index (κ1) is 14.3. The summed E-state index contributed by atoms with van der Waals surface area (Å²) < 4.78 is 5.45.